The number of benzene rings is 1. The first-order valence-electron chi connectivity index (χ1n) is 7.10. The van der Waals surface area contributed by atoms with E-state index in [4.69, 9.17) is 17.3 Å². The van der Waals surface area contributed by atoms with Crippen LogP contribution in [0.2, 0.25) is 5.02 Å². The van der Waals surface area contributed by atoms with E-state index < -0.39 is 0 Å². The standard InChI is InChI=1S/C15H20ClN3S/c1-20-15(7-3-2-4-8-15)10-19-13-9-11(16)5-6-12(13)18-14(19)17/h5-6,9H,2-4,7-8,10H2,1H3,(H2,17,18). The summed E-state index contributed by atoms with van der Waals surface area (Å²) in [6.45, 7) is 0.927. The molecule has 1 aliphatic carbocycles. The molecule has 1 aromatic heterocycles. The summed E-state index contributed by atoms with van der Waals surface area (Å²) in [4.78, 5) is 4.46. The maximum Gasteiger partial charge on any atom is 0.201 e. The highest BCUT2D eigenvalue weighted by Crippen LogP contribution is 2.41. The number of nitrogens with two attached hydrogens (primary N) is 1. The van der Waals surface area contributed by atoms with Gasteiger partial charge in [0.2, 0.25) is 5.95 Å². The third-order valence-corrected chi connectivity index (χ3v) is 6.02. The van der Waals surface area contributed by atoms with Gasteiger partial charge in [0.15, 0.2) is 0 Å². The number of imidazole rings is 1. The van der Waals surface area contributed by atoms with Crippen molar-refractivity contribution in [3.05, 3.63) is 23.2 Å². The molecular weight excluding hydrogens is 290 g/mol. The molecule has 3 nitrogen and oxygen atoms in total. The second kappa shape index (κ2) is 5.49. The van der Waals surface area contributed by atoms with Crippen molar-refractivity contribution in [1.29, 1.82) is 0 Å². The summed E-state index contributed by atoms with van der Waals surface area (Å²) in [5.74, 6) is 0.598. The lowest BCUT2D eigenvalue weighted by atomic mass is 9.88. The predicted molar refractivity (Wildman–Crippen MR) is 88.5 cm³/mol. The van der Waals surface area contributed by atoms with Crippen molar-refractivity contribution in [3.8, 4) is 0 Å². The number of aromatic nitrogens is 2. The zero-order valence-corrected chi connectivity index (χ0v) is 13.3. The fraction of sp³-hybridized carbons (Fsp3) is 0.533. The molecule has 1 aliphatic rings. The molecule has 0 aliphatic heterocycles. The molecule has 0 spiro atoms. The lowest BCUT2D eigenvalue weighted by Gasteiger charge is -2.36. The third-order valence-electron chi connectivity index (χ3n) is 4.38. The lowest BCUT2D eigenvalue weighted by molar-refractivity contribution is 0.363. The van der Waals surface area contributed by atoms with Gasteiger partial charge in [0.1, 0.15) is 0 Å². The number of thioether (sulfide) groups is 1. The average Bonchev–Trinajstić information content (AvgIpc) is 2.76. The SMILES string of the molecule is CSC1(Cn2c(N)nc3ccc(Cl)cc32)CCCCC1. The van der Waals surface area contributed by atoms with Gasteiger partial charge in [-0.1, -0.05) is 30.9 Å². The Morgan fingerprint density at radius 3 is 2.80 bits per heavy atom. The van der Waals surface area contributed by atoms with Gasteiger partial charge in [0.05, 0.1) is 11.0 Å². The Morgan fingerprint density at radius 2 is 2.10 bits per heavy atom. The molecule has 0 radical (unpaired) electrons. The van der Waals surface area contributed by atoms with E-state index in [0.29, 0.717) is 10.7 Å². The molecule has 20 heavy (non-hydrogen) atoms. The zero-order chi connectivity index (χ0) is 14.2. The molecule has 0 saturated heterocycles. The largest absolute Gasteiger partial charge is 0.369 e. The molecule has 0 atom stereocenters. The van der Waals surface area contributed by atoms with E-state index in [1.54, 1.807) is 0 Å². The first-order valence-corrected chi connectivity index (χ1v) is 8.70. The van der Waals surface area contributed by atoms with Crippen molar-refractivity contribution in [1.82, 2.24) is 9.55 Å². The van der Waals surface area contributed by atoms with E-state index >= 15 is 0 Å². The summed E-state index contributed by atoms with van der Waals surface area (Å²) >= 11 is 8.10. The monoisotopic (exact) mass is 309 g/mol. The van der Waals surface area contributed by atoms with Crippen LogP contribution in [0.4, 0.5) is 5.95 Å². The van der Waals surface area contributed by atoms with Crippen molar-refractivity contribution in [2.24, 2.45) is 0 Å². The van der Waals surface area contributed by atoms with Crippen LogP contribution in [0.25, 0.3) is 11.0 Å². The van der Waals surface area contributed by atoms with Crippen LogP contribution in [0, 0.1) is 0 Å². The molecule has 2 N–H and O–H groups in total. The lowest BCUT2D eigenvalue weighted by Crippen LogP contribution is -2.33. The van der Waals surface area contributed by atoms with Gasteiger partial charge >= 0.3 is 0 Å². The van der Waals surface area contributed by atoms with Crippen molar-refractivity contribution < 1.29 is 0 Å². The molecule has 0 bridgehead atoms. The minimum absolute atomic E-state index is 0.294. The first kappa shape index (κ1) is 14.1. The van der Waals surface area contributed by atoms with Crippen LogP contribution in [0.5, 0.6) is 0 Å². The number of nitrogen functional groups attached to an aromatic ring is 1. The first-order chi connectivity index (χ1) is 9.63. The maximum absolute atomic E-state index is 6.13. The van der Waals surface area contributed by atoms with E-state index in [-0.39, 0.29) is 0 Å². The van der Waals surface area contributed by atoms with E-state index in [9.17, 15) is 0 Å². The number of hydrogen-bond donors (Lipinski definition) is 1. The summed E-state index contributed by atoms with van der Waals surface area (Å²) in [5, 5.41) is 0.737. The molecule has 2 aromatic rings. The summed E-state index contributed by atoms with van der Waals surface area (Å²) in [5.41, 5.74) is 8.11. The summed E-state index contributed by atoms with van der Waals surface area (Å²) in [7, 11) is 0. The topological polar surface area (TPSA) is 43.8 Å². The highest BCUT2D eigenvalue weighted by atomic mass is 35.5. The highest BCUT2D eigenvalue weighted by Gasteiger charge is 2.32. The smallest absolute Gasteiger partial charge is 0.201 e. The number of rotatable bonds is 3. The molecule has 1 aromatic carbocycles. The fourth-order valence-electron chi connectivity index (χ4n) is 3.19. The number of fused-ring (bicyclic) bond motifs is 1. The minimum atomic E-state index is 0.294. The number of anilines is 1. The van der Waals surface area contributed by atoms with Gasteiger partial charge in [-0.15, -0.1) is 0 Å². The predicted octanol–water partition coefficient (Wildman–Crippen LogP) is 4.34. The Kier molecular flexibility index (Phi) is 3.87. The quantitative estimate of drug-likeness (QED) is 0.917. The van der Waals surface area contributed by atoms with Crippen LogP contribution in [0.1, 0.15) is 32.1 Å². The van der Waals surface area contributed by atoms with Gasteiger partial charge in [-0.2, -0.15) is 11.8 Å². The van der Waals surface area contributed by atoms with Crippen LogP contribution in [-0.4, -0.2) is 20.6 Å². The Bertz CT molecular complexity index is 617. The minimum Gasteiger partial charge on any atom is -0.369 e. The van der Waals surface area contributed by atoms with Crippen LogP contribution in [0.15, 0.2) is 18.2 Å². The second-order valence-corrected chi connectivity index (χ2v) is 7.35. The maximum atomic E-state index is 6.13. The molecule has 3 rings (SSSR count). The van der Waals surface area contributed by atoms with Crippen molar-refractivity contribution in [2.45, 2.75) is 43.4 Å². The molecular formula is C15H20ClN3S. The Balaban J connectivity index is 2.00. The highest BCUT2D eigenvalue weighted by molar-refractivity contribution is 8.00. The molecule has 1 saturated carbocycles. The van der Waals surface area contributed by atoms with Gasteiger partial charge < -0.3 is 10.3 Å². The second-order valence-electron chi connectivity index (χ2n) is 5.64. The Labute approximate surface area is 128 Å². The molecule has 1 fully saturated rings. The average molecular weight is 310 g/mol. The summed E-state index contributed by atoms with van der Waals surface area (Å²) in [6.07, 6.45) is 8.71. The molecule has 1 heterocycles. The van der Waals surface area contributed by atoms with Gasteiger partial charge in [0, 0.05) is 16.3 Å². The normalized spacial score (nSPS) is 18.5. The molecule has 108 valence electrons. The third kappa shape index (κ3) is 2.51. The van der Waals surface area contributed by atoms with Crippen LogP contribution in [0.3, 0.4) is 0 Å². The van der Waals surface area contributed by atoms with Gasteiger partial charge in [-0.3, -0.25) is 0 Å². The zero-order valence-electron chi connectivity index (χ0n) is 11.7. The van der Waals surface area contributed by atoms with Gasteiger partial charge in [-0.25, -0.2) is 4.98 Å². The van der Waals surface area contributed by atoms with E-state index in [2.05, 4.69) is 15.8 Å². The fourth-order valence-corrected chi connectivity index (χ4v) is 4.31. The summed E-state index contributed by atoms with van der Waals surface area (Å²) in [6, 6.07) is 5.78. The van der Waals surface area contributed by atoms with Crippen LogP contribution < -0.4 is 5.73 Å². The van der Waals surface area contributed by atoms with Gasteiger partial charge in [0.25, 0.3) is 0 Å². The number of hydrogen-bond acceptors (Lipinski definition) is 3. The van der Waals surface area contributed by atoms with E-state index in [1.807, 2.05) is 30.0 Å². The van der Waals surface area contributed by atoms with Crippen LogP contribution >= 0.6 is 23.4 Å². The molecule has 0 amide bonds. The number of halogens is 1. The Hall–Kier alpha value is -0.870. The van der Waals surface area contributed by atoms with Crippen molar-refractivity contribution in [2.75, 3.05) is 12.0 Å². The van der Waals surface area contributed by atoms with E-state index in [0.717, 1.165) is 22.6 Å². The number of nitrogens with zero attached hydrogens (tertiary/aromatic N) is 2. The summed E-state index contributed by atoms with van der Waals surface area (Å²) < 4.78 is 2.44. The van der Waals surface area contributed by atoms with Crippen molar-refractivity contribution >= 4 is 40.3 Å². The Morgan fingerprint density at radius 1 is 1.35 bits per heavy atom. The molecule has 0 unspecified atom stereocenters. The van der Waals surface area contributed by atoms with Gasteiger partial charge in [-0.05, 0) is 37.3 Å². The molecule has 5 heteroatoms. The van der Waals surface area contributed by atoms with E-state index in [1.165, 1.54) is 32.1 Å². The van der Waals surface area contributed by atoms with Crippen LogP contribution in [-0.2, 0) is 6.54 Å². The van der Waals surface area contributed by atoms with Crippen molar-refractivity contribution in [3.63, 3.8) is 0 Å².